The fourth-order valence-corrected chi connectivity index (χ4v) is 7.45. The van der Waals surface area contributed by atoms with Crippen LogP contribution in [0.4, 0.5) is 0 Å². The van der Waals surface area contributed by atoms with Gasteiger partial charge in [0.1, 0.15) is 29.4 Å². The average molecular weight is 493 g/mol. The van der Waals surface area contributed by atoms with E-state index in [0.717, 1.165) is 11.3 Å². The van der Waals surface area contributed by atoms with Gasteiger partial charge in [0.2, 0.25) is 5.79 Å². The third kappa shape index (κ3) is 3.71. The number of aliphatic hydroxyl groups is 3. The number of carbonyl (C=O) groups excluding carboxylic acids is 2. The number of aryl methyl sites for hydroxylation is 2. The number of fused-ring (bicyclic) bond motifs is 2. The molecule has 3 fully saturated rings. The Kier molecular flexibility index (Phi) is 6.53. The molecule has 1 aromatic heterocycles. The van der Waals surface area contributed by atoms with Crippen LogP contribution in [-0.2, 0) is 25.5 Å². The van der Waals surface area contributed by atoms with Gasteiger partial charge in [-0.1, -0.05) is 27.7 Å². The van der Waals surface area contributed by atoms with Crippen molar-refractivity contribution in [1.29, 1.82) is 0 Å². The number of carbonyl (C=O) groups is 2. The Bertz CT molecular complexity index is 986. The highest BCUT2D eigenvalue weighted by Crippen LogP contribution is 2.64. The first-order valence-electron chi connectivity index (χ1n) is 12.8. The number of ketones is 1. The van der Waals surface area contributed by atoms with Crippen LogP contribution in [0.1, 0.15) is 65.7 Å². The largest absolute Gasteiger partial charge is 0.469 e. The van der Waals surface area contributed by atoms with Gasteiger partial charge in [-0.3, -0.25) is 9.59 Å². The van der Waals surface area contributed by atoms with E-state index in [1.165, 1.54) is 6.92 Å². The van der Waals surface area contributed by atoms with Crippen LogP contribution in [0.15, 0.2) is 16.7 Å². The maximum absolute atomic E-state index is 14.2. The minimum absolute atomic E-state index is 0.0656. The minimum atomic E-state index is -2.38. The van der Waals surface area contributed by atoms with Crippen molar-refractivity contribution >= 4 is 11.8 Å². The lowest BCUT2D eigenvalue weighted by atomic mass is 9.53. The molecular formula is C27H40O8. The van der Waals surface area contributed by atoms with Crippen LogP contribution < -0.4 is 0 Å². The highest BCUT2D eigenvalue weighted by Gasteiger charge is 2.79. The lowest BCUT2D eigenvalue weighted by molar-refractivity contribution is -0.338. The summed E-state index contributed by atoms with van der Waals surface area (Å²) in [7, 11) is 0. The van der Waals surface area contributed by atoms with Gasteiger partial charge in [-0.05, 0) is 56.1 Å². The van der Waals surface area contributed by atoms with E-state index in [0.29, 0.717) is 19.3 Å². The quantitative estimate of drug-likeness (QED) is 0.518. The normalized spacial score (nSPS) is 43.8. The lowest BCUT2D eigenvalue weighted by Crippen LogP contribution is -2.71. The summed E-state index contributed by atoms with van der Waals surface area (Å²) in [5, 5.41) is 35.5. The van der Waals surface area contributed by atoms with E-state index in [2.05, 4.69) is 0 Å². The third-order valence-electron chi connectivity index (χ3n) is 9.13. The summed E-state index contributed by atoms with van der Waals surface area (Å²) >= 11 is 0. The maximum atomic E-state index is 14.2. The topological polar surface area (TPSA) is 126 Å². The van der Waals surface area contributed by atoms with Gasteiger partial charge in [-0.25, -0.2) is 0 Å². The fourth-order valence-electron chi connectivity index (χ4n) is 7.45. The van der Waals surface area contributed by atoms with Crippen molar-refractivity contribution in [1.82, 2.24) is 0 Å². The molecule has 0 amide bonds. The molecule has 0 spiro atoms. The molecule has 8 heteroatoms. The molecule has 0 aromatic carbocycles. The van der Waals surface area contributed by atoms with Gasteiger partial charge in [0, 0.05) is 25.2 Å². The number of aliphatic hydroxyl groups excluding tert-OH is 1. The molecule has 1 aromatic rings. The van der Waals surface area contributed by atoms with E-state index in [9.17, 15) is 24.9 Å². The molecule has 2 heterocycles. The first-order chi connectivity index (χ1) is 16.2. The monoisotopic (exact) mass is 492 g/mol. The van der Waals surface area contributed by atoms with Crippen molar-refractivity contribution in [2.45, 2.75) is 96.9 Å². The van der Waals surface area contributed by atoms with Crippen molar-refractivity contribution in [3.63, 3.8) is 0 Å². The Morgan fingerprint density at radius 2 is 1.94 bits per heavy atom. The maximum Gasteiger partial charge on any atom is 0.302 e. The summed E-state index contributed by atoms with van der Waals surface area (Å²) in [5.74, 6) is -5.51. The second-order valence-electron chi connectivity index (χ2n) is 11.7. The molecule has 1 unspecified atom stereocenters. The summed E-state index contributed by atoms with van der Waals surface area (Å²) in [4.78, 5) is 26.0. The van der Waals surface area contributed by atoms with E-state index >= 15 is 0 Å². The molecule has 1 saturated heterocycles. The molecule has 10 atom stereocenters. The minimum Gasteiger partial charge on any atom is -0.469 e. The molecule has 2 aliphatic carbocycles. The van der Waals surface area contributed by atoms with Crippen LogP contribution in [-0.4, -0.2) is 56.3 Å². The van der Waals surface area contributed by atoms with Crippen LogP contribution in [0, 0.1) is 42.4 Å². The van der Waals surface area contributed by atoms with Gasteiger partial charge < -0.3 is 29.2 Å². The standard InChI is InChI=1S/C27H40O8/c1-13(2)24(30)27(32)26(31)16(5)21-19(34-17(6)28)12-15(4)20(21)22(29)23(26)25(7,35-27)10-8-18-14(3)9-11-33-18/h9,11,13,15-16,19-21,23-24,30-32H,8,10,12H2,1-7H3/t15-,16+,19-,20+,21-,23-,24?,25-,26+,27+/m0/s1. The summed E-state index contributed by atoms with van der Waals surface area (Å²) in [6, 6.07) is 1.86. The second-order valence-corrected chi connectivity index (χ2v) is 11.7. The van der Waals surface area contributed by atoms with Crippen LogP contribution in [0.25, 0.3) is 0 Å². The first kappa shape index (κ1) is 26.3. The van der Waals surface area contributed by atoms with Crippen LogP contribution in [0.3, 0.4) is 0 Å². The van der Waals surface area contributed by atoms with Gasteiger partial charge in [-0.2, -0.15) is 0 Å². The van der Waals surface area contributed by atoms with E-state index < -0.39 is 64.8 Å². The van der Waals surface area contributed by atoms with E-state index in [1.54, 1.807) is 34.0 Å². The van der Waals surface area contributed by atoms with E-state index in [1.807, 2.05) is 19.9 Å². The first-order valence-corrected chi connectivity index (χ1v) is 12.8. The van der Waals surface area contributed by atoms with Crippen molar-refractivity contribution in [3.05, 3.63) is 23.7 Å². The molecule has 3 N–H and O–H groups in total. The van der Waals surface area contributed by atoms with Crippen molar-refractivity contribution < 1.29 is 38.8 Å². The summed E-state index contributed by atoms with van der Waals surface area (Å²) in [5.41, 5.74) is -2.37. The number of hydrogen-bond donors (Lipinski definition) is 3. The number of esters is 1. The molecule has 2 saturated carbocycles. The highest BCUT2D eigenvalue weighted by atomic mass is 16.7. The van der Waals surface area contributed by atoms with Crippen molar-refractivity contribution in [2.75, 3.05) is 0 Å². The van der Waals surface area contributed by atoms with Crippen LogP contribution in [0.5, 0.6) is 0 Å². The SMILES string of the molecule is CC(=O)O[C@H]1C[C@H](C)[C@H]2C(=O)[C@@H]3[C@](O)([C@H](C)[C@H]21)[C@@](O)(C(O)C(C)C)O[C@@]3(C)CCc1occc1C. The summed E-state index contributed by atoms with van der Waals surface area (Å²) < 4.78 is 17.5. The van der Waals surface area contributed by atoms with Gasteiger partial charge in [-0.15, -0.1) is 0 Å². The number of hydrogen-bond acceptors (Lipinski definition) is 8. The molecule has 196 valence electrons. The highest BCUT2D eigenvalue weighted by molar-refractivity contribution is 5.89. The fraction of sp³-hybridized carbons (Fsp3) is 0.778. The van der Waals surface area contributed by atoms with E-state index in [-0.39, 0.29) is 11.7 Å². The Hall–Kier alpha value is -1.74. The van der Waals surface area contributed by atoms with Gasteiger partial charge >= 0.3 is 5.97 Å². The number of ether oxygens (including phenoxy) is 2. The number of rotatable bonds is 6. The Labute approximate surface area is 207 Å². The summed E-state index contributed by atoms with van der Waals surface area (Å²) in [6.07, 6.45) is 0.846. The molecule has 0 radical (unpaired) electrons. The second kappa shape index (κ2) is 8.68. The molecule has 8 nitrogen and oxygen atoms in total. The Morgan fingerprint density at radius 1 is 1.29 bits per heavy atom. The van der Waals surface area contributed by atoms with Gasteiger partial charge in [0.25, 0.3) is 0 Å². The molecule has 0 bridgehead atoms. The Balaban J connectivity index is 1.81. The molecule has 4 rings (SSSR count). The number of Topliss-reactive ketones (excluding diaryl/α,β-unsaturated/α-hetero) is 1. The van der Waals surface area contributed by atoms with Crippen LogP contribution in [0.2, 0.25) is 0 Å². The van der Waals surface area contributed by atoms with Crippen LogP contribution >= 0.6 is 0 Å². The van der Waals surface area contributed by atoms with Crippen molar-refractivity contribution in [3.8, 4) is 0 Å². The van der Waals surface area contributed by atoms with Crippen molar-refractivity contribution in [2.24, 2.45) is 35.5 Å². The van der Waals surface area contributed by atoms with E-state index in [4.69, 9.17) is 13.9 Å². The third-order valence-corrected chi connectivity index (χ3v) is 9.13. The predicted molar refractivity (Wildman–Crippen MR) is 126 cm³/mol. The molecule has 1 aliphatic heterocycles. The van der Waals surface area contributed by atoms with Gasteiger partial charge in [0.05, 0.1) is 17.8 Å². The average Bonchev–Trinajstić information content (AvgIpc) is 3.36. The zero-order chi connectivity index (χ0) is 26.1. The van der Waals surface area contributed by atoms with Gasteiger partial charge in [0.15, 0.2) is 0 Å². The lowest BCUT2D eigenvalue weighted by Gasteiger charge is -2.53. The smallest absolute Gasteiger partial charge is 0.302 e. The zero-order valence-electron chi connectivity index (χ0n) is 21.8. The zero-order valence-corrected chi connectivity index (χ0v) is 21.8. The predicted octanol–water partition coefficient (Wildman–Crippen LogP) is 2.79. The molecule has 3 aliphatic rings. The number of furan rings is 1. The molecule has 35 heavy (non-hydrogen) atoms. The summed E-state index contributed by atoms with van der Waals surface area (Å²) in [6.45, 7) is 12.2. The Morgan fingerprint density at radius 3 is 2.49 bits per heavy atom. The molecular weight excluding hydrogens is 452 g/mol.